The maximum atomic E-state index is 10.5. The summed E-state index contributed by atoms with van der Waals surface area (Å²) in [4.78, 5) is 13.5. The van der Waals surface area contributed by atoms with Crippen molar-refractivity contribution in [1.82, 2.24) is 0 Å². The molecule has 0 amide bonds. The van der Waals surface area contributed by atoms with Crippen molar-refractivity contribution in [3.63, 3.8) is 0 Å². The third-order valence-electron chi connectivity index (χ3n) is 3.82. The first-order valence-corrected chi connectivity index (χ1v) is 9.19. The maximum Gasteiger partial charge on any atom is 0.303 e. The average molecular weight is 325 g/mol. The van der Waals surface area contributed by atoms with E-state index in [9.17, 15) is 4.79 Å². The van der Waals surface area contributed by atoms with Crippen LogP contribution in [-0.4, -0.2) is 11.1 Å². The molecule has 1 aromatic heterocycles. The Bertz CT molecular complexity index is 487. The Morgan fingerprint density at radius 1 is 1.00 bits per heavy atom. The summed E-state index contributed by atoms with van der Waals surface area (Å²) in [6, 6.07) is 2.41. The van der Waals surface area contributed by atoms with Gasteiger partial charge in [-0.2, -0.15) is 0 Å². The number of unbranched alkanes of at least 4 members (excludes halogenated alkanes) is 3. The fourth-order valence-electron chi connectivity index (χ4n) is 2.56. The van der Waals surface area contributed by atoms with Crippen molar-refractivity contribution in [2.75, 3.05) is 0 Å². The first-order valence-electron chi connectivity index (χ1n) is 8.37. The van der Waals surface area contributed by atoms with E-state index in [2.05, 4.69) is 47.6 Å². The van der Waals surface area contributed by atoms with Crippen LogP contribution in [0, 0.1) is 0 Å². The Kier molecular flexibility index (Phi) is 6.66. The van der Waals surface area contributed by atoms with Crippen molar-refractivity contribution in [3.05, 3.63) is 21.4 Å². The molecule has 0 aliphatic carbocycles. The summed E-state index contributed by atoms with van der Waals surface area (Å²) in [7, 11) is 0. The van der Waals surface area contributed by atoms with Crippen LogP contribution in [0.3, 0.4) is 0 Å². The summed E-state index contributed by atoms with van der Waals surface area (Å²) in [6.07, 6.45) is 5.53. The molecule has 1 rings (SSSR count). The number of aliphatic carboxylic acids is 1. The minimum Gasteiger partial charge on any atom is -0.481 e. The van der Waals surface area contributed by atoms with Crippen LogP contribution in [0.2, 0.25) is 0 Å². The highest BCUT2D eigenvalue weighted by Gasteiger charge is 2.25. The van der Waals surface area contributed by atoms with Crippen LogP contribution in [-0.2, 0) is 22.0 Å². The molecule has 0 aliphatic rings. The van der Waals surface area contributed by atoms with Crippen LogP contribution in [0.25, 0.3) is 0 Å². The topological polar surface area (TPSA) is 37.3 Å². The number of carboxylic acid groups (broad SMARTS) is 1. The van der Waals surface area contributed by atoms with Crippen LogP contribution in [0.1, 0.15) is 89.0 Å². The molecule has 1 heterocycles. The Morgan fingerprint density at radius 3 is 2.09 bits per heavy atom. The number of hydrogen-bond donors (Lipinski definition) is 1. The van der Waals surface area contributed by atoms with Crippen LogP contribution in [0.4, 0.5) is 0 Å². The van der Waals surface area contributed by atoms with Gasteiger partial charge < -0.3 is 5.11 Å². The normalized spacial score (nSPS) is 12.6. The van der Waals surface area contributed by atoms with Gasteiger partial charge in [-0.3, -0.25) is 4.79 Å². The van der Waals surface area contributed by atoms with Crippen molar-refractivity contribution >= 4 is 17.3 Å². The quantitative estimate of drug-likeness (QED) is 0.632. The van der Waals surface area contributed by atoms with E-state index in [0.717, 1.165) is 32.1 Å². The van der Waals surface area contributed by atoms with E-state index in [0.29, 0.717) is 6.42 Å². The second-order valence-corrected chi connectivity index (χ2v) is 9.33. The Labute approximate surface area is 140 Å². The first-order chi connectivity index (χ1) is 10.0. The van der Waals surface area contributed by atoms with Gasteiger partial charge in [-0.15, -0.1) is 11.3 Å². The van der Waals surface area contributed by atoms with E-state index in [1.807, 2.05) is 11.3 Å². The highest BCUT2D eigenvalue weighted by atomic mass is 32.1. The van der Waals surface area contributed by atoms with Gasteiger partial charge in [0, 0.05) is 16.2 Å². The predicted molar refractivity (Wildman–Crippen MR) is 96.1 cm³/mol. The van der Waals surface area contributed by atoms with Gasteiger partial charge in [0.2, 0.25) is 0 Å². The van der Waals surface area contributed by atoms with E-state index in [4.69, 9.17) is 5.11 Å². The fourth-order valence-corrected chi connectivity index (χ4v) is 3.89. The van der Waals surface area contributed by atoms with Crippen LogP contribution in [0.15, 0.2) is 6.07 Å². The molecule has 0 saturated heterocycles. The summed E-state index contributed by atoms with van der Waals surface area (Å²) in [5.74, 6) is -0.678. The molecule has 0 fully saturated rings. The molecule has 126 valence electrons. The molecule has 0 bridgehead atoms. The monoisotopic (exact) mass is 324 g/mol. The summed E-state index contributed by atoms with van der Waals surface area (Å²) in [6.45, 7) is 13.7. The van der Waals surface area contributed by atoms with Crippen LogP contribution in [0.5, 0.6) is 0 Å². The van der Waals surface area contributed by atoms with Crippen molar-refractivity contribution < 1.29 is 9.90 Å². The highest BCUT2D eigenvalue weighted by Crippen LogP contribution is 2.39. The number of carboxylic acids is 1. The van der Waals surface area contributed by atoms with Crippen molar-refractivity contribution in [2.24, 2.45) is 0 Å². The number of carbonyl (C=O) groups is 1. The molecule has 1 aromatic rings. The third-order valence-corrected chi connectivity index (χ3v) is 5.84. The van der Waals surface area contributed by atoms with Gasteiger partial charge in [0.1, 0.15) is 0 Å². The predicted octanol–water partition coefficient (Wildman–Crippen LogP) is 5.92. The van der Waals surface area contributed by atoms with Crippen molar-refractivity contribution in [1.29, 1.82) is 0 Å². The molecular formula is C19H32O2S. The van der Waals surface area contributed by atoms with Gasteiger partial charge >= 0.3 is 5.97 Å². The average Bonchev–Trinajstić information content (AvgIpc) is 2.77. The van der Waals surface area contributed by atoms with E-state index in [-0.39, 0.29) is 10.8 Å². The molecule has 0 aromatic carbocycles. The summed E-state index contributed by atoms with van der Waals surface area (Å²) in [5.41, 5.74) is 1.91. The van der Waals surface area contributed by atoms with Gasteiger partial charge in [0.15, 0.2) is 0 Å². The minimum atomic E-state index is -0.678. The van der Waals surface area contributed by atoms with Gasteiger partial charge in [-0.05, 0) is 41.7 Å². The Morgan fingerprint density at radius 2 is 1.59 bits per heavy atom. The summed E-state index contributed by atoms with van der Waals surface area (Å²) >= 11 is 1.97. The highest BCUT2D eigenvalue weighted by molar-refractivity contribution is 7.12. The number of thiophene rings is 1. The molecule has 2 nitrogen and oxygen atoms in total. The SMILES string of the molecule is CC(C)(C)c1cc(CCCCCCC(=O)O)c(C(C)(C)C)s1. The van der Waals surface area contributed by atoms with Gasteiger partial charge in [-0.25, -0.2) is 0 Å². The second-order valence-electron chi connectivity index (χ2n) is 8.27. The molecule has 0 radical (unpaired) electrons. The lowest BCUT2D eigenvalue weighted by atomic mass is 9.88. The molecule has 0 atom stereocenters. The molecule has 0 unspecified atom stereocenters. The largest absolute Gasteiger partial charge is 0.481 e. The smallest absolute Gasteiger partial charge is 0.303 e. The van der Waals surface area contributed by atoms with Crippen molar-refractivity contribution in [2.45, 2.75) is 90.9 Å². The molecule has 0 saturated carbocycles. The van der Waals surface area contributed by atoms with Gasteiger partial charge in [0.25, 0.3) is 0 Å². The lowest BCUT2D eigenvalue weighted by Crippen LogP contribution is -2.11. The maximum absolute atomic E-state index is 10.5. The number of rotatable bonds is 7. The standard InChI is InChI=1S/C19H32O2S/c1-18(2,3)15-13-14(17(22-15)19(4,5)6)11-9-7-8-10-12-16(20)21/h13H,7-12H2,1-6H3,(H,20,21). The zero-order chi connectivity index (χ0) is 17.0. The zero-order valence-corrected chi connectivity index (χ0v) is 15.9. The van der Waals surface area contributed by atoms with Crippen LogP contribution >= 0.6 is 11.3 Å². The molecule has 0 spiro atoms. The third kappa shape index (κ3) is 6.12. The van der Waals surface area contributed by atoms with Crippen LogP contribution < -0.4 is 0 Å². The van der Waals surface area contributed by atoms with Crippen molar-refractivity contribution in [3.8, 4) is 0 Å². The summed E-state index contributed by atoms with van der Waals surface area (Å²) in [5, 5.41) is 8.65. The lowest BCUT2D eigenvalue weighted by molar-refractivity contribution is -0.137. The number of hydrogen-bond acceptors (Lipinski definition) is 2. The van der Waals surface area contributed by atoms with E-state index < -0.39 is 5.97 Å². The fraction of sp³-hybridized carbons (Fsp3) is 0.737. The first kappa shape index (κ1) is 19.2. The van der Waals surface area contributed by atoms with Gasteiger partial charge in [0.05, 0.1) is 0 Å². The second kappa shape index (κ2) is 7.63. The molecule has 1 N–H and O–H groups in total. The zero-order valence-electron chi connectivity index (χ0n) is 15.1. The van der Waals surface area contributed by atoms with E-state index in [1.165, 1.54) is 15.3 Å². The van der Waals surface area contributed by atoms with Gasteiger partial charge in [-0.1, -0.05) is 54.4 Å². The molecule has 3 heteroatoms. The Balaban J connectivity index is 2.65. The number of aryl methyl sites for hydroxylation is 1. The minimum absolute atomic E-state index is 0.201. The molecular weight excluding hydrogens is 292 g/mol. The van der Waals surface area contributed by atoms with E-state index in [1.54, 1.807) is 0 Å². The Hall–Kier alpha value is -0.830. The molecule has 0 aliphatic heterocycles. The lowest BCUT2D eigenvalue weighted by Gasteiger charge is -2.19. The summed E-state index contributed by atoms with van der Waals surface area (Å²) < 4.78 is 0. The molecule has 22 heavy (non-hydrogen) atoms. The van der Waals surface area contributed by atoms with E-state index >= 15 is 0 Å².